The molecule has 1 heterocycles. The minimum atomic E-state index is 0.457. The summed E-state index contributed by atoms with van der Waals surface area (Å²) in [7, 11) is 0. The van der Waals surface area contributed by atoms with E-state index in [2.05, 4.69) is 44.7 Å². The average molecular weight is 396 g/mol. The monoisotopic (exact) mass is 396 g/mol. The van der Waals surface area contributed by atoms with Crippen LogP contribution in [0, 0.1) is 20.8 Å². The van der Waals surface area contributed by atoms with Crippen molar-refractivity contribution in [1.29, 1.82) is 0 Å². The molecule has 0 aliphatic heterocycles. The van der Waals surface area contributed by atoms with Gasteiger partial charge in [0.2, 0.25) is 17.8 Å². The van der Waals surface area contributed by atoms with E-state index < -0.39 is 0 Å². The lowest BCUT2D eigenvalue weighted by molar-refractivity contribution is 1.06. The van der Waals surface area contributed by atoms with Crippen molar-refractivity contribution in [3.8, 4) is 0 Å². The molecule has 6 heteroatoms. The van der Waals surface area contributed by atoms with Gasteiger partial charge in [-0.05, 0) is 62.7 Å². The zero-order valence-corrected chi connectivity index (χ0v) is 17.3. The summed E-state index contributed by atoms with van der Waals surface area (Å²) in [6.07, 6.45) is 0. The summed E-state index contributed by atoms with van der Waals surface area (Å²) >= 11 is 0. The quantitative estimate of drug-likeness (QED) is 0.370. The number of rotatable bonds is 6. The summed E-state index contributed by atoms with van der Waals surface area (Å²) in [5.74, 6) is 1.37. The molecule has 4 aromatic rings. The van der Waals surface area contributed by atoms with E-state index in [1.807, 2.05) is 79.7 Å². The van der Waals surface area contributed by atoms with E-state index in [0.717, 1.165) is 22.6 Å². The van der Waals surface area contributed by atoms with Crippen molar-refractivity contribution in [2.75, 3.05) is 16.0 Å². The summed E-state index contributed by atoms with van der Waals surface area (Å²) in [6, 6.07) is 24.2. The Morgan fingerprint density at radius 1 is 0.467 bits per heavy atom. The van der Waals surface area contributed by atoms with E-state index in [1.54, 1.807) is 0 Å². The summed E-state index contributed by atoms with van der Waals surface area (Å²) in [5, 5.41) is 9.80. The third kappa shape index (κ3) is 5.11. The third-order valence-electron chi connectivity index (χ3n) is 4.53. The van der Waals surface area contributed by atoms with Crippen molar-refractivity contribution >= 4 is 34.9 Å². The number of anilines is 6. The molecule has 0 saturated heterocycles. The Bertz CT molecular complexity index is 1070. The van der Waals surface area contributed by atoms with Crippen LogP contribution in [0.25, 0.3) is 0 Å². The molecule has 0 atom stereocenters. The first-order valence-corrected chi connectivity index (χ1v) is 9.81. The number of aryl methyl sites for hydroxylation is 3. The van der Waals surface area contributed by atoms with E-state index in [9.17, 15) is 0 Å². The van der Waals surface area contributed by atoms with Gasteiger partial charge in [-0.25, -0.2) is 0 Å². The number of hydrogen-bond acceptors (Lipinski definition) is 6. The number of hydrogen-bond donors (Lipinski definition) is 3. The maximum Gasteiger partial charge on any atom is 0.233 e. The van der Waals surface area contributed by atoms with Crippen LogP contribution in [0.5, 0.6) is 0 Å². The van der Waals surface area contributed by atoms with Gasteiger partial charge >= 0.3 is 0 Å². The van der Waals surface area contributed by atoms with Gasteiger partial charge in [-0.1, -0.05) is 47.5 Å². The van der Waals surface area contributed by atoms with Crippen LogP contribution in [-0.2, 0) is 0 Å². The third-order valence-corrected chi connectivity index (χ3v) is 4.53. The Balaban J connectivity index is 1.65. The summed E-state index contributed by atoms with van der Waals surface area (Å²) in [5.41, 5.74) is 6.29. The van der Waals surface area contributed by atoms with Gasteiger partial charge in [0.15, 0.2) is 0 Å². The Labute approximate surface area is 176 Å². The van der Waals surface area contributed by atoms with Crippen molar-refractivity contribution in [2.45, 2.75) is 20.8 Å². The van der Waals surface area contributed by atoms with Crippen molar-refractivity contribution in [3.05, 3.63) is 89.5 Å². The van der Waals surface area contributed by atoms with Crippen molar-refractivity contribution in [1.82, 2.24) is 15.0 Å². The molecule has 3 N–H and O–H groups in total. The predicted molar refractivity (Wildman–Crippen MR) is 123 cm³/mol. The highest BCUT2D eigenvalue weighted by atomic mass is 15.3. The number of aromatic nitrogens is 3. The number of nitrogens with zero attached hydrogens (tertiary/aromatic N) is 3. The van der Waals surface area contributed by atoms with Crippen molar-refractivity contribution in [2.24, 2.45) is 0 Å². The van der Waals surface area contributed by atoms with Crippen molar-refractivity contribution < 1.29 is 0 Å². The Morgan fingerprint density at radius 2 is 0.900 bits per heavy atom. The second kappa shape index (κ2) is 8.61. The molecule has 3 aromatic carbocycles. The van der Waals surface area contributed by atoms with Gasteiger partial charge in [0.25, 0.3) is 0 Å². The summed E-state index contributed by atoms with van der Waals surface area (Å²) in [4.78, 5) is 13.6. The molecule has 0 fully saturated rings. The van der Waals surface area contributed by atoms with Gasteiger partial charge < -0.3 is 16.0 Å². The topological polar surface area (TPSA) is 74.8 Å². The predicted octanol–water partition coefficient (Wildman–Crippen LogP) is 6.03. The van der Waals surface area contributed by atoms with Crippen LogP contribution >= 0.6 is 0 Å². The second-order valence-electron chi connectivity index (χ2n) is 7.28. The smallest absolute Gasteiger partial charge is 0.233 e. The molecule has 0 radical (unpaired) electrons. The lowest BCUT2D eigenvalue weighted by Crippen LogP contribution is -2.07. The van der Waals surface area contributed by atoms with Crippen molar-refractivity contribution in [3.63, 3.8) is 0 Å². The molecule has 150 valence electrons. The highest BCUT2D eigenvalue weighted by Gasteiger charge is 2.08. The summed E-state index contributed by atoms with van der Waals surface area (Å²) in [6.45, 7) is 6.16. The van der Waals surface area contributed by atoms with E-state index in [1.165, 1.54) is 11.1 Å². The molecular weight excluding hydrogens is 372 g/mol. The van der Waals surface area contributed by atoms with Gasteiger partial charge in [-0.15, -0.1) is 0 Å². The van der Waals surface area contributed by atoms with Crippen LogP contribution in [0.3, 0.4) is 0 Å². The molecule has 0 saturated carbocycles. The molecule has 0 spiro atoms. The van der Waals surface area contributed by atoms with Crippen LogP contribution in [-0.4, -0.2) is 15.0 Å². The molecular formula is C24H24N6. The zero-order chi connectivity index (χ0) is 20.9. The van der Waals surface area contributed by atoms with Gasteiger partial charge in [-0.2, -0.15) is 15.0 Å². The number of nitrogens with one attached hydrogen (secondary N) is 3. The number of benzene rings is 3. The fraction of sp³-hybridized carbons (Fsp3) is 0.125. The van der Waals surface area contributed by atoms with Crippen LogP contribution in [0.1, 0.15) is 16.7 Å². The Kier molecular flexibility index (Phi) is 5.57. The molecule has 0 unspecified atom stereocenters. The van der Waals surface area contributed by atoms with Crippen LogP contribution in [0.2, 0.25) is 0 Å². The van der Waals surface area contributed by atoms with Crippen LogP contribution in [0.15, 0.2) is 72.8 Å². The first-order chi connectivity index (χ1) is 14.5. The Hall–Kier alpha value is -3.93. The Morgan fingerprint density at radius 3 is 1.33 bits per heavy atom. The molecule has 0 aliphatic rings. The molecule has 0 amide bonds. The van der Waals surface area contributed by atoms with Gasteiger partial charge in [0.05, 0.1) is 0 Å². The summed E-state index contributed by atoms with van der Waals surface area (Å²) < 4.78 is 0. The standard InChI is InChI=1S/C24H24N6/c1-16-7-11-19(12-8-16)25-22-28-23(26-20-13-9-17(2)10-14-20)30-24(29-22)27-21-6-4-5-18(3)15-21/h4-15H,1-3H3,(H3,25,26,27,28,29,30). The maximum atomic E-state index is 4.55. The highest BCUT2D eigenvalue weighted by Crippen LogP contribution is 2.21. The van der Waals surface area contributed by atoms with Gasteiger partial charge in [0, 0.05) is 17.1 Å². The minimum absolute atomic E-state index is 0.457. The maximum absolute atomic E-state index is 4.55. The zero-order valence-electron chi connectivity index (χ0n) is 17.3. The van der Waals surface area contributed by atoms with Gasteiger partial charge in [-0.3, -0.25) is 0 Å². The van der Waals surface area contributed by atoms with E-state index >= 15 is 0 Å². The van der Waals surface area contributed by atoms with E-state index in [-0.39, 0.29) is 0 Å². The molecule has 6 nitrogen and oxygen atoms in total. The molecule has 30 heavy (non-hydrogen) atoms. The fourth-order valence-corrected chi connectivity index (χ4v) is 2.93. The van der Waals surface area contributed by atoms with Gasteiger partial charge in [0.1, 0.15) is 0 Å². The highest BCUT2D eigenvalue weighted by molar-refractivity contribution is 5.62. The SMILES string of the molecule is Cc1ccc(Nc2nc(Nc3ccc(C)cc3)nc(Nc3cccc(C)c3)n2)cc1. The van der Waals surface area contributed by atoms with E-state index in [0.29, 0.717) is 17.8 Å². The van der Waals surface area contributed by atoms with Crippen LogP contribution in [0.4, 0.5) is 34.9 Å². The first kappa shape index (κ1) is 19.4. The molecule has 4 rings (SSSR count). The molecule has 0 aliphatic carbocycles. The molecule has 1 aromatic heterocycles. The lowest BCUT2D eigenvalue weighted by Gasteiger charge is -2.12. The largest absolute Gasteiger partial charge is 0.324 e. The minimum Gasteiger partial charge on any atom is -0.324 e. The first-order valence-electron chi connectivity index (χ1n) is 9.81. The average Bonchev–Trinajstić information content (AvgIpc) is 2.71. The lowest BCUT2D eigenvalue weighted by atomic mass is 10.2. The van der Waals surface area contributed by atoms with E-state index in [4.69, 9.17) is 0 Å². The normalized spacial score (nSPS) is 10.5. The molecule has 0 bridgehead atoms. The second-order valence-corrected chi connectivity index (χ2v) is 7.28. The fourth-order valence-electron chi connectivity index (χ4n) is 2.93. The van der Waals surface area contributed by atoms with Crippen LogP contribution < -0.4 is 16.0 Å².